The quantitative estimate of drug-likeness (QED) is 0.691. The lowest BCUT2D eigenvalue weighted by Crippen LogP contribution is -2.47. The van der Waals surface area contributed by atoms with E-state index in [4.69, 9.17) is 18.7 Å². The van der Waals surface area contributed by atoms with E-state index in [0.717, 1.165) is 0 Å². The number of rotatable bonds is 6. The number of piperidine rings is 1. The first kappa shape index (κ1) is 22.7. The van der Waals surface area contributed by atoms with Crippen molar-refractivity contribution < 1.29 is 31.9 Å². The van der Waals surface area contributed by atoms with Gasteiger partial charge < -0.3 is 18.7 Å². The third-order valence-corrected chi connectivity index (χ3v) is 7.67. The lowest BCUT2D eigenvalue weighted by atomic mass is 10.0. The number of anilines is 1. The minimum Gasteiger partial charge on any atom is -0.495 e. The summed E-state index contributed by atoms with van der Waals surface area (Å²) in [6.07, 6.45) is 1.47. The number of hydrogen-bond donors (Lipinski definition) is 1. The summed E-state index contributed by atoms with van der Waals surface area (Å²) in [4.78, 5) is 11.6. The van der Waals surface area contributed by atoms with Gasteiger partial charge in [-0.2, -0.15) is 4.31 Å². The summed E-state index contributed by atoms with van der Waals surface area (Å²) >= 11 is 0. The molecule has 2 aromatic rings. The average molecular weight is 466 g/mol. The summed E-state index contributed by atoms with van der Waals surface area (Å²) < 4.78 is 50.7. The molecule has 3 heterocycles. The zero-order chi connectivity index (χ0) is 22.9. The Labute approximate surface area is 186 Å². The van der Waals surface area contributed by atoms with Crippen LogP contribution < -0.4 is 10.1 Å². The smallest absolute Gasteiger partial charge is 0.246 e. The van der Waals surface area contributed by atoms with E-state index in [1.165, 1.54) is 24.4 Å². The van der Waals surface area contributed by atoms with Crippen molar-refractivity contribution in [1.29, 1.82) is 0 Å². The topological polar surface area (TPSA) is 120 Å². The second-order valence-corrected chi connectivity index (χ2v) is 9.65. The first-order valence-electron chi connectivity index (χ1n) is 10.5. The molecule has 1 aromatic carbocycles. The highest BCUT2D eigenvalue weighted by Crippen LogP contribution is 2.39. The van der Waals surface area contributed by atoms with Crippen LogP contribution in [0.5, 0.6) is 5.75 Å². The molecule has 1 amide bonds. The number of carbonyl (C=O) groups excluding carboxylic acids is 1. The molecule has 11 heteroatoms. The van der Waals surface area contributed by atoms with Crippen molar-refractivity contribution in [3.05, 3.63) is 23.9 Å². The Bertz CT molecular complexity index is 1100. The molecule has 32 heavy (non-hydrogen) atoms. The fraction of sp³-hybridized carbons (Fsp3) is 0.524. The maximum atomic E-state index is 13.6. The summed E-state index contributed by atoms with van der Waals surface area (Å²) in [5.41, 5.74) is 1.71. The lowest BCUT2D eigenvalue weighted by molar-refractivity contribution is -0.179. The Kier molecular flexibility index (Phi) is 6.26. The van der Waals surface area contributed by atoms with E-state index in [0.29, 0.717) is 49.3 Å². The maximum Gasteiger partial charge on any atom is 0.246 e. The monoisotopic (exact) mass is 465 g/mol. The van der Waals surface area contributed by atoms with Gasteiger partial charge >= 0.3 is 0 Å². The molecule has 0 aliphatic carbocycles. The number of hydrogen-bond acceptors (Lipinski definition) is 8. The molecule has 0 radical (unpaired) electrons. The number of aryl methyl sites for hydroxylation is 1. The van der Waals surface area contributed by atoms with Crippen LogP contribution in [0.4, 0.5) is 5.88 Å². The van der Waals surface area contributed by atoms with Crippen molar-refractivity contribution in [3.63, 3.8) is 0 Å². The van der Waals surface area contributed by atoms with Crippen LogP contribution in [0, 0.1) is 0 Å². The Morgan fingerprint density at radius 3 is 2.53 bits per heavy atom. The fourth-order valence-electron chi connectivity index (χ4n) is 4.13. The molecule has 0 unspecified atom stereocenters. The number of aromatic nitrogens is 1. The van der Waals surface area contributed by atoms with Gasteiger partial charge in [0.05, 0.1) is 31.6 Å². The highest BCUT2D eigenvalue weighted by Gasteiger charge is 2.43. The number of methoxy groups -OCH3 is 1. The second kappa shape index (κ2) is 8.81. The van der Waals surface area contributed by atoms with Crippen LogP contribution in [-0.2, 0) is 30.7 Å². The van der Waals surface area contributed by atoms with E-state index in [-0.39, 0.29) is 35.5 Å². The van der Waals surface area contributed by atoms with E-state index >= 15 is 0 Å². The Hall–Kier alpha value is -2.47. The third-order valence-electron chi connectivity index (χ3n) is 5.76. The zero-order valence-corrected chi connectivity index (χ0v) is 19.2. The predicted molar refractivity (Wildman–Crippen MR) is 115 cm³/mol. The number of amides is 1. The molecule has 10 nitrogen and oxygen atoms in total. The fourth-order valence-corrected chi connectivity index (χ4v) is 5.76. The summed E-state index contributed by atoms with van der Waals surface area (Å²) in [6.45, 7) is 4.87. The minimum atomic E-state index is -3.86. The number of ether oxygens (including phenoxy) is 3. The van der Waals surface area contributed by atoms with E-state index < -0.39 is 15.8 Å². The van der Waals surface area contributed by atoms with Gasteiger partial charge in [0.25, 0.3) is 0 Å². The van der Waals surface area contributed by atoms with Crippen molar-refractivity contribution in [2.24, 2.45) is 0 Å². The molecule has 2 aliphatic rings. The van der Waals surface area contributed by atoms with Crippen molar-refractivity contribution in [2.45, 2.75) is 43.8 Å². The summed E-state index contributed by atoms with van der Waals surface area (Å²) in [5, 5.41) is 6.64. The first-order chi connectivity index (χ1) is 15.3. The van der Waals surface area contributed by atoms with Gasteiger partial charge in [0.15, 0.2) is 5.79 Å². The van der Waals surface area contributed by atoms with Crippen LogP contribution in [0.1, 0.15) is 32.4 Å². The molecule has 4 rings (SSSR count). The molecule has 1 spiro atoms. The zero-order valence-electron chi connectivity index (χ0n) is 18.3. The average Bonchev–Trinajstić information content (AvgIpc) is 3.40. The van der Waals surface area contributed by atoms with Gasteiger partial charge in [-0.3, -0.25) is 10.1 Å². The van der Waals surface area contributed by atoms with Crippen LogP contribution >= 0.6 is 0 Å². The molecule has 0 atom stereocenters. The van der Waals surface area contributed by atoms with Gasteiger partial charge in [-0.15, -0.1) is 0 Å². The van der Waals surface area contributed by atoms with Crippen LogP contribution in [0.3, 0.4) is 0 Å². The molecule has 2 aliphatic heterocycles. The Morgan fingerprint density at radius 1 is 1.25 bits per heavy atom. The molecule has 2 fully saturated rings. The lowest BCUT2D eigenvalue weighted by Gasteiger charge is -2.37. The van der Waals surface area contributed by atoms with Gasteiger partial charge in [-0.25, -0.2) is 8.42 Å². The van der Waals surface area contributed by atoms with Crippen LogP contribution in [-0.4, -0.2) is 63.0 Å². The number of sulfonamides is 1. The SMILES string of the molecule is CCc1noc(NC(C)=O)c1-c1ccc(OC)c(S(=O)(=O)N2CCC3(CC2)OCCO3)c1. The van der Waals surface area contributed by atoms with E-state index in [2.05, 4.69) is 10.5 Å². The summed E-state index contributed by atoms with van der Waals surface area (Å²) in [6, 6.07) is 4.86. The van der Waals surface area contributed by atoms with Crippen molar-refractivity contribution in [3.8, 4) is 16.9 Å². The molecule has 1 N–H and O–H groups in total. The highest BCUT2D eigenvalue weighted by atomic mass is 32.2. The molecular weight excluding hydrogens is 438 g/mol. The number of benzene rings is 1. The first-order valence-corrected chi connectivity index (χ1v) is 12.0. The number of carbonyl (C=O) groups is 1. The van der Waals surface area contributed by atoms with Crippen molar-refractivity contribution in [1.82, 2.24) is 9.46 Å². The van der Waals surface area contributed by atoms with Gasteiger partial charge in [-0.1, -0.05) is 18.1 Å². The van der Waals surface area contributed by atoms with Gasteiger partial charge in [0.1, 0.15) is 10.6 Å². The standard InChI is InChI=1S/C21H27N3O7S/c1-4-16-19(20(31-23-16)22-14(2)25)15-5-6-17(28-3)18(13-15)32(26,27)24-9-7-21(8-10-24)29-11-12-30-21/h5-6,13H,4,7-12H2,1-3H3,(H,22,25). The molecule has 1 aromatic heterocycles. The Morgan fingerprint density at radius 2 is 1.94 bits per heavy atom. The summed E-state index contributed by atoms with van der Waals surface area (Å²) in [5.74, 6) is -0.578. The molecule has 0 bridgehead atoms. The highest BCUT2D eigenvalue weighted by molar-refractivity contribution is 7.89. The van der Waals surface area contributed by atoms with Gasteiger partial charge in [-0.05, 0) is 24.1 Å². The molecule has 174 valence electrons. The molecule has 2 saturated heterocycles. The van der Waals surface area contributed by atoms with Gasteiger partial charge in [0, 0.05) is 32.9 Å². The van der Waals surface area contributed by atoms with Crippen molar-refractivity contribution in [2.75, 3.05) is 38.7 Å². The minimum absolute atomic E-state index is 0.0405. The van der Waals surface area contributed by atoms with Crippen molar-refractivity contribution >= 4 is 21.8 Å². The number of nitrogens with zero attached hydrogens (tertiary/aromatic N) is 2. The van der Waals surface area contributed by atoms with Crippen LogP contribution in [0.15, 0.2) is 27.6 Å². The molecular formula is C21H27N3O7S. The van der Waals surface area contributed by atoms with E-state index in [9.17, 15) is 13.2 Å². The second-order valence-electron chi connectivity index (χ2n) is 7.75. The van der Waals surface area contributed by atoms with Crippen LogP contribution in [0.2, 0.25) is 0 Å². The van der Waals surface area contributed by atoms with Gasteiger partial charge in [0.2, 0.25) is 21.8 Å². The van der Waals surface area contributed by atoms with E-state index in [1.54, 1.807) is 12.1 Å². The maximum absolute atomic E-state index is 13.6. The normalized spacial score (nSPS) is 18.7. The third kappa shape index (κ3) is 4.13. The largest absolute Gasteiger partial charge is 0.495 e. The Balaban J connectivity index is 1.70. The van der Waals surface area contributed by atoms with E-state index in [1.807, 2.05) is 6.92 Å². The summed E-state index contributed by atoms with van der Waals surface area (Å²) in [7, 11) is -2.43. The molecule has 0 saturated carbocycles. The van der Waals surface area contributed by atoms with Crippen LogP contribution in [0.25, 0.3) is 11.1 Å². The predicted octanol–water partition coefficient (Wildman–Crippen LogP) is 2.40. The number of nitrogens with one attached hydrogen (secondary N) is 1.